The number of rotatable bonds is 5. The van der Waals surface area contributed by atoms with Crippen LogP contribution in [0.15, 0.2) is 11.6 Å². The molecule has 1 N–H and O–H groups in total. The van der Waals surface area contributed by atoms with Crippen molar-refractivity contribution in [2.45, 2.75) is 92.7 Å². The number of piperidine rings is 2. The number of nitrogens with one attached hydrogen (secondary N) is 1. The summed E-state index contributed by atoms with van der Waals surface area (Å²) in [6, 6.07) is 1.17. The Labute approximate surface area is 192 Å². The Morgan fingerprint density at radius 2 is 1.81 bits per heavy atom. The summed E-state index contributed by atoms with van der Waals surface area (Å²) in [4.78, 5) is 16.6. The Bertz CT molecular complexity index is 657. The second-order valence-corrected chi connectivity index (χ2v) is 12.3. The summed E-state index contributed by atoms with van der Waals surface area (Å²) < 4.78 is 0. The van der Waals surface area contributed by atoms with Gasteiger partial charge in [-0.25, -0.2) is 0 Å². The fourth-order valence-electron chi connectivity index (χ4n) is 6.75. The molecule has 0 saturated carbocycles. The number of hydrogen-bond donors (Lipinski definition) is 1. The highest BCUT2D eigenvalue weighted by molar-refractivity contribution is 5.73. The summed E-state index contributed by atoms with van der Waals surface area (Å²) in [6.07, 6.45) is 8.68. The van der Waals surface area contributed by atoms with Crippen molar-refractivity contribution in [3.8, 4) is 0 Å². The third-order valence-corrected chi connectivity index (χ3v) is 9.45. The van der Waals surface area contributed by atoms with E-state index in [9.17, 15) is 4.79 Å². The van der Waals surface area contributed by atoms with E-state index in [4.69, 9.17) is 0 Å². The minimum atomic E-state index is 0.222. The average molecular weight is 432 g/mol. The lowest BCUT2D eigenvalue weighted by atomic mass is 9.63. The zero-order valence-electron chi connectivity index (χ0n) is 21.6. The largest absolute Gasteiger partial charge is 0.343 e. The number of hydrogen-bond acceptors (Lipinski definition) is 3. The van der Waals surface area contributed by atoms with Crippen LogP contribution in [0.2, 0.25) is 0 Å². The van der Waals surface area contributed by atoms with E-state index in [1.807, 2.05) is 0 Å². The van der Waals surface area contributed by atoms with Gasteiger partial charge in [0, 0.05) is 38.6 Å². The minimum Gasteiger partial charge on any atom is -0.343 e. The molecule has 3 aliphatic rings. The molecule has 0 aromatic carbocycles. The maximum Gasteiger partial charge on any atom is 0.219 e. The molecule has 4 unspecified atom stereocenters. The molecule has 0 aromatic heterocycles. The Kier molecular flexibility index (Phi) is 7.63. The fraction of sp³-hybridized carbons (Fsp3) is 0.889. The maximum atomic E-state index is 11.9. The molecule has 0 spiro atoms. The van der Waals surface area contributed by atoms with E-state index < -0.39 is 0 Å². The quantitative estimate of drug-likeness (QED) is 0.626. The van der Waals surface area contributed by atoms with Gasteiger partial charge < -0.3 is 10.2 Å². The first-order valence-corrected chi connectivity index (χ1v) is 12.8. The molecule has 0 aromatic rings. The molecular formula is C27H49N3O. The zero-order chi connectivity index (χ0) is 23.0. The van der Waals surface area contributed by atoms with Gasteiger partial charge in [-0.15, -0.1) is 0 Å². The zero-order valence-corrected chi connectivity index (χ0v) is 21.6. The van der Waals surface area contributed by atoms with Crippen LogP contribution in [-0.4, -0.2) is 61.0 Å². The van der Waals surface area contributed by atoms with E-state index in [1.165, 1.54) is 25.7 Å². The fourth-order valence-corrected chi connectivity index (χ4v) is 6.75. The molecule has 4 nitrogen and oxygen atoms in total. The molecule has 0 radical (unpaired) electrons. The molecule has 0 aliphatic carbocycles. The standard InChI is InChI=1S/C27H49N3O/c1-19(2)21-11-14-25(29(8)17-21)27(6,7)22-12-13-24(28-16-22)26(4,5)23-10-9-15-30(18-23)20(3)31/h11,19,22-25,28H,9-10,12-18H2,1-8H3. The van der Waals surface area contributed by atoms with Crippen LogP contribution in [0, 0.1) is 28.6 Å². The van der Waals surface area contributed by atoms with Crippen LogP contribution in [0.4, 0.5) is 0 Å². The molecule has 2 saturated heterocycles. The molecule has 178 valence electrons. The Morgan fingerprint density at radius 1 is 1.10 bits per heavy atom. The van der Waals surface area contributed by atoms with Gasteiger partial charge in [-0.1, -0.05) is 53.2 Å². The molecular weight excluding hydrogens is 382 g/mol. The van der Waals surface area contributed by atoms with Gasteiger partial charge in [0.25, 0.3) is 0 Å². The van der Waals surface area contributed by atoms with Crippen molar-refractivity contribution < 1.29 is 4.79 Å². The monoisotopic (exact) mass is 431 g/mol. The molecule has 0 bridgehead atoms. The summed E-state index contributed by atoms with van der Waals surface area (Å²) >= 11 is 0. The van der Waals surface area contributed by atoms with Gasteiger partial charge in [-0.2, -0.15) is 0 Å². The third-order valence-electron chi connectivity index (χ3n) is 9.45. The van der Waals surface area contributed by atoms with E-state index in [0.29, 0.717) is 35.3 Å². The summed E-state index contributed by atoms with van der Waals surface area (Å²) in [5.41, 5.74) is 2.12. The van der Waals surface area contributed by atoms with Gasteiger partial charge in [0.1, 0.15) is 0 Å². The third kappa shape index (κ3) is 5.21. The predicted molar refractivity (Wildman–Crippen MR) is 131 cm³/mol. The topological polar surface area (TPSA) is 35.6 Å². The molecule has 31 heavy (non-hydrogen) atoms. The van der Waals surface area contributed by atoms with E-state index in [-0.39, 0.29) is 11.3 Å². The predicted octanol–water partition coefficient (Wildman–Crippen LogP) is 4.95. The normalized spacial score (nSPS) is 31.6. The number of carbonyl (C=O) groups excluding carboxylic acids is 1. The van der Waals surface area contributed by atoms with E-state index in [1.54, 1.807) is 12.5 Å². The number of carbonyl (C=O) groups is 1. The Morgan fingerprint density at radius 3 is 2.35 bits per heavy atom. The molecule has 2 fully saturated rings. The highest BCUT2D eigenvalue weighted by Crippen LogP contribution is 2.45. The van der Waals surface area contributed by atoms with Crippen LogP contribution >= 0.6 is 0 Å². The summed E-state index contributed by atoms with van der Waals surface area (Å²) in [5.74, 6) is 2.20. The van der Waals surface area contributed by atoms with Crippen molar-refractivity contribution >= 4 is 5.91 Å². The second kappa shape index (κ2) is 9.55. The lowest BCUT2D eigenvalue weighted by molar-refractivity contribution is -0.131. The molecule has 4 heteroatoms. The first-order valence-electron chi connectivity index (χ1n) is 12.8. The molecule has 4 atom stereocenters. The lowest BCUT2D eigenvalue weighted by Crippen LogP contribution is -2.58. The number of nitrogens with zero attached hydrogens (tertiary/aromatic N) is 2. The van der Waals surface area contributed by atoms with Gasteiger partial charge in [-0.05, 0) is 74.3 Å². The van der Waals surface area contributed by atoms with Gasteiger partial charge in [0.05, 0.1) is 0 Å². The number of likely N-dealkylation sites (tertiary alicyclic amines) is 1. The molecule has 1 amide bonds. The lowest BCUT2D eigenvalue weighted by Gasteiger charge is -2.52. The van der Waals surface area contributed by atoms with E-state index in [2.05, 4.69) is 69.8 Å². The molecule has 3 aliphatic heterocycles. The van der Waals surface area contributed by atoms with Crippen LogP contribution < -0.4 is 5.32 Å². The van der Waals surface area contributed by atoms with Crippen LogP contribution in [0.3, 0.4) is 0 Å². The van der Waals surface area contributed by atoms with Crippen molar-refractivity contribution in [1.82, 2.24) is 15.1 Å². The first-order chi connectivity index (χ1) is 14.4. The average Bonchev–Trinajstić information content (AvgIpc) is 2.73. The SMILES string of the molecule is CC(=O)N1CCCC(C(C)(C)C2CCC(C(C)(C)C3CC=C(C(C)C)CN3C)CN2)C1. The number of amides is 1. The van der Waals surface area contributed by atoms with Crippen molar-refractivity contribution in [2.75, 3.05) is 33.2 Å². The smallest absolute Gasteiger partial charge is 0.219 e. The molecule has 3 heterocycles. The van der Waals surface area contributed by atoms with Crippen molar-refractivity contribution in [3.63, 3.8) is 0 Å². The van der Waals surface area contributed by atoms with E-state index in [0.717, 1.165) is 32.6 Å². The summed E-state index contributed by atoms with van der Waals surface area (Å²) in [7, 11) is 2.33. The molecule has 3 rings (SSSR count). The maximum absolute atomic E-state index is 11.9. The summed E-state index contributed by atoms with van der Waals surface area (Å²) in [6.45, 7) is 20.4. The number of likely N-dealkylation sites (N-methyl/N-ethyl adjacent to an activating group) is 1. The Balaban J connectivity index is 1.61. The highest BCUT2D eigenvalue weighted by atomic mass is 16.2. The first kappa shape index (κ1) is 24.8. The van der Waals surface area contributed by atoms with Gasteiger partial charge in [-0.3, -0.25) is 9.69 Å². The summed E-state index contributed by atoms with van der Waals surface area (Å²) in [5, 5.41) is 4.00. The van der Waals surface area contributed by atoms with Gasteiger partial charge in [0.15, 0.2) is 0 Å². The van der Waals surface area contributed by atoms with Gasteiger partial charge >= 0.3 is 0 Å². The van der Waals surface area contributed by atoms with Gasteiger partial charge in [0.2, 0.25) is 5.91 Å². The van der Waals surface area contributed by atoms with Crippen LogP contribution in [0.1, 0.15) is 80.6 Å². The van der Waals surface area contributed by atoms with Crippen LogP contribution in [0.25, 0.3) is 0 Å². The Hall–Kier alpha value is -0.870. The van der Waals surface area contributed by atoms with Crippen LogP contribution in [0.5, 0.6) is 0 Å². The van der Waals surface area contributed by atoms with Crippen molar-refractivity contribution in [1.29, 1.82) is 0 Å². The highest BCUT2D eigenvalue weighted by Gasteiger charge is 2.45. The van der Waals surface area contributed by atoms with Crippen molar-refractivity contribution in [2.24, 2.45) is 28.6 Å². The second-order valence-electron chi connectivity index (χ2n) is 12.3. The van der Waals surface area contributed by atoms with Crippen LogP contribution in [-0.2, 0) is 4.79 Å². The van der Waals surface area contributed by atoms with E-state index >= 15 is 0 Å². The minimum absolute atomic E-state index is 0.222. The van der Waals surface area contributed by atoms with Crippen molar-refractivity contribution in [3.05, 3.63) is 11.6 Å².